The van der Waals surface area contributed by atoms with Crippen LogP contribution < -0.4 is 5.32 Å². The van der Waals surface area contributed by atoms with Gasteiger partial charge < -0.3 is 5.32 Å². The molecule has 4 heteroatoms. The van der Waals surface area contributed by atoms with E-state index >= 15 is 0 Å². The van der Waals surface area contributed by atoms with Crippen molar-refractivity contribution in [2.24, 2.45) is 0 Å². The van der Waals surface area contributed by atoms with E-state index < -0.39 is 0 Å². The Kier molecular flexibility index (Phi) is 6.02. The Morgan fingerprint density at radius 3 is 2.79 bits per heavy atom. The van der Waals surface area contributed by atoms with Gasteiger partial charge in [0, 0.05) is 35.2 Å². The average Bonchev–Trinajstić information content (AvgIpc) is 2.43. The number of thioether (sulfide) groups is 1. The number of likely N-dealkylation sites (N-methyl/N-ethyl adjacent to an activating group) is 1. The third-order valence-corrected chi connectivity index (χ3v) is 4.97. The van der Waals surface area contributed by atoms with Crippen LogP contribution in [-0.2, 0) is 0 Å². The highest BCUT2D eigenvalue weighted by Gasteiger charge is 2.28. The molecule has 2 unspecified atom stereocenters. The van der Waals surface area contributed by atoms with Crippen molar-refractivity contribution in [2.75, 3.05) is 31.6 Å². The minimum Gasteiger partial charge on any atom is -0.309 e. The van der Waals surface area contributed by atoms with Crippen LogP contribution in [-0.4, -0.2) is 42.6 Å². The normalized spacial score (nSPS) is 22.4. The van der Waals surface area contributed by atoms with Gasteiger partial charge in [-0.3, -0.25) is 4.90 Å². The topological polar surface area (TPSA) is 15.3 Å². The lowest BCUT2D eigenvalue weighted by Crippen LogP contribution is -2.47. The van der Waals surface area contributed by atoms with Gasteiger partial charge in [0.05, 0.1) is 0 Å². The smallest absolute Gasteiger partial charge is 0.0486 e. The van der Waals surface area contributed by atoms with Crippen LogP contribution in [0.15, 0.2) is 24.3 Å². The van der Waals surface area contributed by atoms with Crippen LogP contribution in [0.5, 0.6) is 0 Å². The van der Waals surface area contributed by atoms with Crippen molar-refractivity contribution in [1.29, 1.82) is 0 Å². The summed E-state index contributed by atoms with van der Waals surface area (Å²) in [5, 5.41) is 4.52. The number of nitrogens with zero attached hydrogens (tertiary/aromatic N) is 1. The van der Waals surface area contributed by atoms with Crippen molar-refractivity contribution < 1.29 is 0 Å². The van der Waals surface area contributed by atoms with Gasteiger partial charge in [-0.1, -0.05) is 30.7 Å². The number of hydrogen-bond donors (Lipinski definition) is 1. The minimum atomic E-state index is 0.398. The molecule has 1 aliphatic rings. The lowest BCUT2D eigenvalue weighted by atomic mass is 9.99. The summed E-state index contributed by atoms with van der Waals surface area (Å²) < 4.78 is 0. The van der Waals surface area contributed by atoms with Gasteiger partial charge in [-0.2, -0.15) is 11.8 Å². The number of benzene rings is 1. The monoisotopic (exact) mass is 298 g/mol. The molecule has 1 heterocycles. The van der Waals surface area contributed by atoms with E-state index in [1.54, 1.807) is 0 Å². The van der Waals surface area contributed by atoms with E-state index in [1.165, 1.54) is 23.6 Å². The summed E-state index contributed by atoms with van der Waals surface area (Å²) in [5.74, 6) is 2.44. The average molecular weight is 299 g/mol. The van der Waals surface area contributed by atoms with E-state index in [0.717, 1.165) is 18.0 Å². The van der Waals surface area contributed by atoms with Crippen molar-refractivity contribution in [1.82, 2.24) is 10.2 Å². The SMILES string of the molecule is CCCNC(c1ccc(Cl)cc1)C1CSCCN1C. The molecule has 0 bridgehead atoms. The van der Waals surface area contributed by atoms with Crippen molar-refractivity contribution in [3.05, 3.63) is 34.9 Å². The molecule has 2 rings (SSSR count). The molecule has 1 aromatic rings. The van der Waals surface area contributed by atoms with E-state index in [1.807, 2.05) is 12.1 Å². The first-order valence-corrected chi connectivity index (χ1v) is 8.52. The Labute approximate surface area is 125 Å². The Morgan fingerprint density at radius 1 is 1.42 bits per heavy atom. The molecule has 1 N–H and O–H groups in total. The zero-order valence-corrected chi connectivity index (χ0v) is 13.3. The fourth-order valence-electron chi connectivity index (χ4n) is 2.50. The predicted molar refractivity (Wildman–Crippen MR) is 86.2 cm³/mol. The number of hydrogen-bond acceptors (Lipinski definition) is 3. The highest BCUT2D eigenvalue weighted by atomic mass is 35.5. The first kappa shape index (κ1) is 15.2. The highest BCUT2D eigenvalue weighted by molar-refractivity contribution is 7.99. The number of halogens is 1. The van der Waals surface area contributed by atoms with Crippen molar-refractivity contribution in [3.8, 4) is 0 Å². The second-order valence-electron chi connectivity index (χ2n) is 5.11. The van der Waals surface area contributed by atoms with E-state index in [4.69, 9.17) is 11.6 Å². The maximum absolute atomic E-state index is 6.00. The summed E-state index contributed by atoms with van der Waals surface area (Å²) in [6, 6.07) is 9.26. The molecule has 2 nitrogen and oxygen atoms in total. The predicted octanol–water partition coefficient (Wildman–Crippen LogP) is 3.43. The van der Waals surface area contributed by atoms with Gasteiger partial charge in [0.2, 0.25) is 0 Å². The Hall–Kier alpha value is -0.220. The van der Waals surface area contributed by atoms with Gasteiger partial charge in [-0.25, -0.2) is 0 Å². The first-order valence-electron chi connectivity index (χ1n) is 6.99. The van der Waals surface area contributed by atoms with Crippen LogP contribution >= 0.6 is 23.4 Å². The Balaban J connectivity index is 2.16. The van der Waals surface area contributed by atoms with Crippen molar-refractivity contribution >= 4 is 23.4 Å². The van der Waals surface area contributed by atoms with E-state index in [9.17, 15) is 0 Å². The lowest BCUT2D eigenvalue weighted by Gasteiger charge is -2.38. The van der Waals surface area contributed by atoms with Gasteiger partial charge in [-0.05, 0) is 37.7 Å². The van der Waals surface area contributed by atoms with Crippen LogP contribution in [0.4, 0.5) is 0 Å². The molecule has 0 radical (unpaired) electrons. The summed E-state index contributed by atoms with van der Waals surface area (Å²) >= 11 is 8.06. The fraction of sp³-hybridized carbons (Fsp3) is 0.600. The second-order valence-corrected chi connectivity index (χ2v) is 6.69. The molecule has 19 heavy (non-hydrogen) atoms. The maximum Gasteiger partial charge on any atom is 0.0486 e. The zero-order valence-electron chi connectivity index (χ0n) is 11.7. The maximum atomic E-state index is 6.00. The van der Waals surface area contributed by atoms with E-state index in [2.05, 4.69) is 48.1 Å². The van der Waals surface area contributed by atoms with Crippen LogP contribution in [0.1, 0.15) is 24.9 Å². The van der Waals surface area contributed by atoms with Gasteiger partial charge in [0.1, 0.15) is 0 Å². The van der Waals surface area contributed by atoms with Crippen LogP contribution in [0.2, 0.25) is 5.02 Å². The van der Waals surface area contributed by atoms with Crippen molar-refractivity contribution in [2.45, 2.75) is 25.4 Å². The molecule has 2 atom stereocenters. The van der Waals surface area contributed by atoms with E-state index in [0.29, 0.717) is 12.1 Å². The minimum absolute atomic E-state index is 0.398. The molecular weight excluding hydrogens is 276 g/mol. The van der Waals surface area contributed by atoms with Gasteiger partial charge >= 0.3 is 0 Å². The molecule has 106 valence electrons. The van der Waals surface area contributed by atoms with E-state index in [-0.39, 0.29) is 0 Å². The lowest BCUT2D eigenvalue weighted by molar-refractivity contribution is 0.216. The molecular formula is C15H23ClN2S. The largest absolute Gasteiger partial charge is 0.309 e. The number of rotatable bonds is 5. The molecule has 1 saturated heterocycles. The fourth-order valence-corrected chi connectivity index (χ4v) is 3.90. The molecule has 0 aromatic heterocycles. The highest BCUT2D eigenvalue weighted by Crippen LogP contribution is 2.27. The molecule has 0 aliphatic carbocycles. The van der Waals surface area contributed by atoms with Gasteiger partial charge in [-0.15, -0.1) is 0 Å². The van der Waals surface area contributed by atoms with Gasteiger partial charge in [0.25, 0.3) is 0 Å². The molecule has 0 spiro atoms. The summed E-state index contributed by atoms with van der Waals surface area (Å²) in [6.45, 7) is 4.45. The first-order chi connectivity index (χ1) is 9.22. The molecule has 0 saturated carbocycles. The molecule has 1 aliphatic heterocycles. The molecule has 1 aromatic carbocycles. The van der Waals surface area contributed by atoms with Crippen LogP contribution in [0.3, 0.4) is 0 Å². The number of nitrogens with one attached hydrogen (secondary N) is 1. The van der Waals surface area contributed by atoms with Crippen LogP contribution in [0, 0.1) is 0 Å². The molecule has 1 fully saturated rings. The summed E-state index contributed by atoms with van der Waals surface area (Å²) in [5.41, 5.74) is 1.34. The summed E-state index contributed by atoms with van der Waals surface area (Å²) in [4.78, 5) is 2.48. The summed E-state index contributed by atoms with van der Waals surface area (Å²) in [6.07, 6.45) is 1.16. The Bertz CT molecular complexity index is 382. The van der Waals surface area contributed by atoms with Crippen LogP contribution in [0.25, 0.3) is 0 Å². The third-order valence-electron chi connectivity index (χ3n) is 3.67. The van der Waals surface area contributed by atoms with Gasteiger partial charge in [0.15, 0.2) is 0 Å². The quantitative estimate of drug-likeness (QED) is 0.896. The molecule has 0 amide bonds. The Morgan fingerprint density at radius 2 is 2.16 bits per heavy atom. The third kappa shape index (κ3) is 4.12. The second kappa shape index (κ2) is 7.53. The zero-order chi connectivity index (χ0) is 13.7. The van der Waals surface area contributed by atoms with Crippen molar-refractivity contribution in [3.63, 3.8) is 0 Å². The standard InChI is InChI=1S/C15H23ClN2S/c1-3-8-17-15(12-4-6-13(16)7-5-12)14-11-19-10-9-18(14)2/h4-7,14-15,17H,3,8-11H2,1-2H3. The summed E-state index contributed by atoms with van der Waals surface area (Å²) in [7, 11) is 2.24.